The van der Waals surface area contributed by atoms with Crippen molar-refractivity contribution >= 4 is 21.2 Å². The van der Waals surface area contributed by atoms with Gasteiger partial charge < -0.3 is 14.6 Å². The first-order valence-corrected chi connectivity index (χ1v) is 10.4. The number of methoxy groups -OCH3 is 1. The maximum absolute atomic E-state index is 12.9. The van der Waals surface area contributed by atoms with Gasteiger partial charge in [-0.25, -0.2) is 13.4 Å². The lowest BCUT2D eigenvalue weighted by molar-refractivity contribution is -0.384. The number of para-hydroxylation sites is 1. The number of aryl methyl sites for hydroxylation is 1. The molecule has 3 rings (SSSR count). The van der Waals surface area contributed by atoms with Crippen LogP contribution in [0.5, 0.6) is 5.75 Å². The summed E-state index contributed by atoms with van der Waals surface area (Å²) in [7, 11) is -2.63. The lowest BCUT2D eigenvalue weighted by atomic mass is 10.0. The van der Waals surface area contributed by atoms with E-state index in [2.05, 4.69) is 10.3 Å². The zero-order valence-corrected chi connectivity index (χ0v) is 17.5. The average molecular weight is 470 g/mol. The van der Waals surface area contributed by atoms with E-state index in [9.17, 15) is 31.7 Å². The summed E-state index contributed by atoms with van der Waals surface area (Å²) in [5.41, 5.74) is -6.09. The van der Waals surface area contributed by atoms with Gasteiger partial charge in [0.15, 0.2) is 0 Å². The first-order chi connectivity index (χ1) is 15.0. The molecule has 1 heterocycles. The number of hydrogen-bond donors (Lipinski definition) is 1. The number of anilines is 1. The third-order valence-electron chi connectivity index (χ3n) is 4.65. The molecule has 0 bridgehead atoms. The van der Waals surface area contributed by atoms with Gasteiger partial charge in [-0.3, -0.25) is 10.1 Å². The number of nitrogens with zero attached hydrogens (tertiary/aromatic N) is 3. The Morgan fingerprint density at radius 1 is 1.22 bits per heavy atom. The van der Waals surface area contributed by atoms with Crippen molar-refractivity contribution in [3.63, 3.8) is 0 Å². The van der Waals surface area contributed by atoms with Crippen LogP contribution in [0.1, 0.15) is 17.4 Å². The highest BCUT2D eigenvalue weighted by molar-refractivity contribution is 7.92. The van der Waals surface area contributed by atoms with Gasteiger partial charge in [-0.05, 0) is 18.2 Å². The van der Waals surface area contributed by atoms with Gasteiger partial charge in [0.25, 0.3) is 15.5 Å². The van der Waals surface area contributed by atoms with E-state index in [0.717, 1.165) is 6.07 Å². The lowest BCUT2D eigenvalue weighted by Crippen LogP contribution is -2.23. The molecule has 0 radical (unpaired) electrons. The second kappa shape index (κ2) is 8.49. The van der Waals surface area contributed by atoms with Crippen molar-refractivity contribution < 1.29 is 31.2 Å². The van der Waals surface area contributed by atoms with E-state index in [4.69, 9.17) is 4.74 Å². The van der Waals surface area contributed by atoms with Gasteiger partial charge in [-0.15, -0.1) is 0 Å². The van der Waals surface area contributed by atoms with Crippen molar-refractivity contribution in [2.24, 2.45) is 7.05 Å². The molecule has 0 aliphatic heterocycles. The summed E-state index contributed by atoms with van der Waals surface area (Å²) in [4.78, 5) is 13.7. The number of ether oxygens (including phenoxy) is 1. The minimum Gasteiger partial charge on any atom is -0.496 e. The molecule has 1 aromatic heterocycles. The number of nitro groups is 1. The van der Waals surface area contributed by atoms with Gasteiger partial charge in [-0.1, -0.05) is 18.2 Å². The van der Waals surface area contributed by atoms with Crippen LogP contribution in [0.2, 0.25) is 0 Å². The molecule has 0 saturated heterocycles. The highest BCUT2D eigenvalue weighted by Crippen LogP contribution is 2.38. The number of sulfone groups is 1. The normalized spacial score (nSPS) is 12.9. The maximum Gasteiger partial charge on any atom is 0.501 e. The van der Waals surface area contributed by atoms with Crippen LogP contribution in [0.15, 0.2) is 59.8 Å². The third kappa shape index (κ3) is 4.23. The Morgan fingerprint density at radius 3 is 2.47 bits per heavy atom. The fourth-order valence-corrected chi connectivity index (χ4v) is 3.86. The topological polar surface area (TPSA) is 116 Å². The quantitative estimate of drug-likeness (QED) is 0.412. The first-order valence-electron chi connectivity index (χ1n) is 8.94. The Bertz CT molecular complexity index is 1260. The number of halogens is 3. The molecule has 0 aliphatic carbocycles. The highest BCUT2D eigenvalue weighted by atomic mass is 32.2. The van der Waals surface area contributed by atoms with E-state index in [1.54, 1.807) is 42.1 Å². The lowest BCUT2D eigenvalue weighted by Gasteiger charge is -2.22. The number of benzene rings is 2. The van der Waals surface area contributed by atoms with E-state index in [0.29, 0.717) is 29.3 Å². The minimum atomic E-state index is -5.76. The molecule has 32 heavy (non-hydrogen) atoms. The zero-order valence-electron chi connectivity index (χ0n) is 16.7. The standard InChI is InChI=1S/C19H17F3N4O5S/c1-25-10-9-23-18(25)17(13-5-3-4-6-16(13)31-2)24-14-8-7-12(11-15(14)26(27)28)32(29,30)19(20,21)22/h3-11,17,24H,1-2H3/t17-/m1/s1. The molecule has 1 atom stereocenters. The predicted molar refractivity (Wildman–Crippen MR) is 108 cm³/mol. The molecule has 3 aromatic rings. The molecule has 170 valence electrons. The number of rotatable bonds is 7. The van der Waals surface area contributed by atoms with Gasteiger partial charge in [0.1, 0.15) is 23.3 Å². The van der Waals surface area contributed by atoms with Crippen molar-refractivity contribution in [3.8, 4) is 5.75 Å². The van der Waals surface area contributed by atoms with Crippen LogP contribution >= 0.6 is 0 Å². The number of aromatic nitrogens is 2. The van der Waals surface area contributed by atoms with Crippen LogP contribution in [0.4, 0.5) is 24.5 Å². The van der Waals surface area contributed by atoms with Gasteiger partial charge in [0.2, 0.25) is 0 Å². The smallest absolute Gasteiger partial charge is 0.496 e. The van der Waals surface area contributed by atoms with Gasteiger partial charge in [-0.2, -0.15) is 13.2 Å². The molecular formula is C19H17F3N4O5S. The zero-order chi connectivity index (χ0) is 23.7. The van der Waals surface area contributed by atoms with Crippen molar-refractivity contribution in [3.05, 3.63) is 76.4 Å². The number of imidazole rings is 1. The van der Waals surface area contributed by atoms with Crippen molar-refractivity contribution in [2.45, 2.75) is 16.4 Å². The Balaban J connectivity index is 2.15. The summed E-state index contributed by atoms with van der Waals surface area (Å²) in [6, 6.07) is 7.94. The van der Waals surface area contributed by atoms with Crippen LogP contribution in [-0.2, 0) is 16.9 Å². The van der Waals surface area contributed by atoms with E-state index in [1.807, 2.05) is 0 Å². The van der Waals surface area contributed by atoms with E-state index < -0.39 is 36.9 Å². The van der Waals surface area contributed by atoms with E-state index in [1.165, 1.54) is 13.3 Å². The first kappa shape index (κ1) is 23.1. The average Bonchev–Trinajstić information content (AvgIpc) is 3.16. The highest BCUT2D eigenvalue weighted by Gasteiger charge is 2.47. The van der Waals surface area contributed by atoms with Gasteiger partial charge in [0, 0.05) is 31.1 Å². The fraction of sp³-hybridized carbons (Fsp3) is 0.211. The third-order valence-corrected chi connectivity index (χ3v) is 6.13. The number of nitrogens with one attached hydrogen (secondary N) is 1. The summed E-state index contributed by atoms with van der Waals surface area (Å²) in [6.07, 6.45) is 3.15. The maximum atomic E-state index is 12.9. The fourth-order valence-electron chi connectivity index (χ4n) is 3.08. The Kier molecular flexibility index (Phi) is 6.12. The summed E-state index contributed by atoms with van der Waals surface area (Å²) in [6.45, 7) is 0. The molecule has 0 fully saturated rings. The molecule has 2 aromatic carbocycles. The Labute approximate surface area is 180 Å². The number of alkyl halides is 3. The molecule has 0 amide bonds. The van der Waals surface area contributed by atoms with E-state index in [-0.39, 0.29) is 5.69 Å². The second-order valence-electron chi connectivity index (χ2n) is 6.60. The van der Waals surface area contributed by atoms with Crippen LogP contribution < -0.4 is 10.1 Å². The molecule has 9 nitrogen and oxygen atoms in total. The van der Waals surface area contributed by atoms with Crippen LogP contribution in [-0.4, -0.2) is 35.5 Å². The van der Waals surface area contributed by atoms with Crippen LogP contribution in [0.3, 0.4) is 0 Å². The summed E-state index contributed by atoms with van der Waals surface area (Å²) in [5.74, 6) is 0.864. The molecule has 13 heteroatoms. The predicted octanol–water partition coefficient (Wildman–Crippen LogP) is 3.83. The van der Waals surface area contributed by atoms with Crippen LogP contribution in [0.25, 0.3) is 0 Å². The van der Waals surface area contributed by atoms with Crippen molar-refractivity contribution in [1.29, 1.82) is 0 Å². The SMILES string of the molecule is COc1ccccc1[C@@H](Nc1ccc(S(=O)(=O)C(F)(F)F)cc1[N+](=O)[O-])c1nccn1C. The Hall–Kier alpha value is -3.61. The van der Waals surface area contributed by atoms with Crippen molar-refractivity contribution in [2.75, 3.05) is 12.4 Å². The summed E-state index contributed by atoms with van der Waals surface area (Å²) >= 11 is 0. The molecule has 0 spiro atoms. The minimum absolute atomic E-state index is 0.199. The van der Waals surface area contributed by atoms with Crippen molar-refractivity contribution in [1.82, 2.24) is 9.55 Å². The van der Waals surface area contributed by atoms with Gasteiger partial charge in [0.05, 0.1) is 16.9 Å². The molecular weight excluding hydrogens is 453 g/mol. The molecule has 0 unspecified atom stereocenters. The summed E-state index contributed by atoms with van der Waals surface area (Å²) in [5, 5.41) is 14.5. The molecule has 1 N–H and O–H groups in total. The molecule has 0 aliphatic rings. The van der Waals surface area contributed by atoms with E-state index >= 15 is 0 Å². The second-order valence-corrected chi connectivity index (χ2v) is 8.54. The van der Waals surface area contributed by atoms with Gasteiger partial charge >= 0.3 is 5.51 Å². The molecule has 0 saturated carbocycles. The Morgan fingerprint density at radius 2 is 1.91 bits per heavy atom. The summed E-state index contributed by atoms with van der Waals surface area (Å²) < 4.78 is 69.1. The van der Waals surface area contributed by atoms with Crippen LogP contribution in [0, 0.1) is 10.1 Å². The monoisotopic (exact) mass is 470 g/mol. The number of nitro benzene ring substituents is 1. The largest absolute Gasteiger partial charge is 0.501 e. The number of hydrogen-bond acceptors (Lipinski definition) is 7.